The third-order valence-corrected chi connectivity index (χ3v) is 3.04. The van der Waals surface area contributed by atoms with Crippen molar-refractivity contribution in [3.8, 4) is 5.88 Å². The maximum absolute atomic E-state index is 5.88. The standard InChI is InChI=1S/C14H25N3O/c1-6-11(4)17(5)13-8-7-12(15)14(16-13)18-9-10(2)3/h7-8,10-11H,6,9,15H2,1-5H3. The van der Waals surface area contributed by atoms with Gasteiger partial charge in [0, 0.05) is 13.1 Å². The first-order valence-corrected chi connectivity index (χ1v) is 6.57. The number of nitrogens with zero attached hydrogens (tertiary/aromatic N) is 2. The average molecular weight is 251 g/mol. The lowest BCUT2D eigenvalue weighted by atomic mass is 10.2. The van der Waals surface area contributed by atoms with Crippen LogP contribution in [0.2, 0.25) is 0 Å². The molecule has 0 bridgehead atoms. The summed E-state index contributed by atoms with van der Waals surface area (Å²) in [6.07, 6.45) is 1.07. The summed E-state index contributed by atoms with van der Waals surface area (Å²) in [5, 5.41) is 0. The van der Waals surface area contributed by atoms with Crippen molar-refractivity contribution in [2.75, 3.05) is 24.3 Å². The molecule has 2 N–H and O–H groups in total. The van der Waals surface area contributed by atoms with E-state index in [9.17, 15) is 0 Å². The summed E-state index contributed by atoms with van der Waals surface area (Å²) in [5.74, 6) is 1.90. The lowest BCUT2D eigenvalue weighted by Gasteiger charge is -2.25. The number of nitrogen functional groups attached to an aromatic ring is 1. The zero-order valence-corrected chi connectivity index (χ0v) is 12.1. The summed E-state index contributed by atoms with van der Waals surface area (Å²) in [7, 11) is 2.04. The van der Waals surface area contributed by atoms with Crippen LogP contribution in [0, 0.1) is 5.92 Å². The molecule has 1 atom stereocenters. The molecule has 18 heavy (non-hydrogen) atoms. The van der Waals surface area contributed by atoms with Crippen LogP contribution in [0.3, 0.4) is 0 Å². The molecule has 1 aromatic rings. The Kier molecular flexibility index (Phi) is 5.25. The molecule has 0 aromatic carbocycles. The van der Waals surface area contributed by atoms with Crippen LogP contribution >= 0.6 is 0 Å². The zero-order valence-electron chi connectivity index (χ0n) is 12.1. The van der Waals surface area contributed by atoms with Gasteiger partial charge in [0.05, 0.1) is 12.3 Å². The highest BCUT2D eigenvalue weighted by Crippen LogP contribution is 2.24. The topological polar surface area (TPSA) is 51.4 Å². The van der Waals surface area contributed by atoms with Gasteiger partial charge < -0.3 is 15.4 Å². The molecule has 1 heterocycles. The first kappa shape index (κ1) is 14.6. The number of hydrogen-bond donors (Lipinski definition) is 1. The second kappa shape index (κ2) is 6.47. The van der Waals surface area contributed by atoms with Gasteiger partial charge >= 0.3 is 0 Å². The van der Waals surface area contributed by atoms with Crippen molar-refractivity contribution in [3.05, 3.63) is 12.1 Å². The molecule has 0 spiro atoms. The predicted octanol–water partition coefficient (Wildman–Crippen LogP) is 2.93. The van der Waals surface area contributed by atoms with E-state index in [1.165, 1.54) is 0 Å². The van der Waals surface area contributed by atoms with Crippen molar-refractivity contribution in [1.29, 1.82) is 0 Å². The third kappa shape index (κ3) is 3.79. The molecule has 4 nitrogen and oxygen atoms in total. The highest BCUT2D eigenvalue weighted by molar-refractivity contribution is 5.54. The van der Waals surface area contributed by atoms with E-state index in [1.54, 1.807) is 0 Å². The van der Waals surface area contributed by atoms with Crippen LogP contribution in [0.15, 0.2) is 12.1 Å². The first-order chi connectivity index (χ1) is 8.45. The van der Waals surface area contributed by atoms with Gasteiger partial charge in [-0.1, -0.05) is 20.8 Å². The van der Waals surface area contributed by atoms with Gasteiger partial charge in [-0.2, -0.15) is 4.98 Å². The van der Waals surface area contributed by atoms with E-state index < -0.39 is 0 Å². The summed E-state index contributed by atoms with van der Waals surface area (Å²) in [5.41, 5.74) is 6.47. The van der Waals surface area contributed by atoms with Gasteiger partial charge in [-0.3, -0.25) is 0 Å². The molecule has 0 fully saturated rings. The Balaban J connectivity index is 2.86. The Morgan fingerprint density at radius 1 is 1.33 bits per heavy atom. The molecular formula is C14H25N3O. The molecule has 0 amide bonds. The molecule has 0 aliphatic rings. The van der Waals surface area contributed by atoms with Gasteiger partial charge in [0.2, 0.25) is 5.88 Å². The zero-order chi connectivity index (χ0) is 13.7. The average Bonchev–Trinajstić information content (AvgIpc) is 2.35. The monoisotopic (exact) mass is 251 g/mol. The van der Waals surface area contributed by atoms with Crippen molar-refractivity contribution >= 4 is 11.5 Å². The lowest BCUT2D eigenvalue weighted by molar-refractivity contribution is 0.263. The Hall–Kier alpha value is -1.45. The number of ether oxygens (including phenoxy) is 1. The summed E-state index contributed by atoms with van der Waals surface area (Å²) in [6, 6.07) is 4.24. The fourth-order valence-electron chi connectivity index (χ4n) is 1.50. The molecule has 0 aliphatic heterocycles. The van der Waals surface area contributed by atoms with E-state index >= 15 is 0 Å². The summed E-state index contributed by atoms with van der Waals surface area (Å²) in [6.45, 7) is 9.17. The Labute approximate surface area is 110 Å². The Bertz CT molecular complexity index is 379. The summed E-state index contributed by atoms with van der Waals surface area (Å²) < 4.78 is 5.64. The van der Waals surface area contributed by atoms with Crippen LogP contribution in [0.4, 0.5) is 11.5 Å². The van der Waals surface area contributed by atoms with E-state index in [4.69, 9.17) is 10.5 Å². The first-order valence-electron chi connectivity index (χ1n) is 6.57. The van der Waals surface area contributed by atoms with E-state index in [2.05, 4.69) is 37.6 Å². The molecule has 1 rings (SSSR count). The van der Waals surface area contributed by atoms with Crippen LogP contribution in [-0.4, -0.2) is 24.7 Å². The van der Waals surface area contributed by atoms with Gasteiger partial charge in [-0.25, -0.2) is 0 Å². The van der Waals surface area contributed by atoms with E-state index in [1.807, 2.05) is 19.2 Å². The number of rotatable bonds is 6. The minimum Gasteiger partial charge on any atom is -0.476 e. The van der Waals surface area contributed by atoms with Gasteiger partial charge in [-0.05, 0) is 31.4 Å². The maximum Gasteiger partial charge on any atom is 0.239 e. The summed E-state index contributed by atoms with van der Waals surface area (Å²) in [4.78, 5) is 6.63. The molecule has 0 saturated heterocycles. The molecular weight excluding hydrogens is 226 g/mol. The molecule has 1 aromatic heterocycles. The van der Waals surface area contributed by atoms with Gasteiger partial charge in [-0.15, -0.1) is 0 Å². The fraction of sp³-hybridized carbons (Fsp3) is 0.643. The van der Waals surface area contributed by atoms with Crippen LogP contribution in [0.1, 0.15) is 34.1 Å². The van der Waals surface area contributed by atoms with Crippen LogP contribution in [0.25, 0.3) is 0 Å². The number of aromatic nitrogens is 1. The molecule has 0 saturated carbocycles. The Morgan fingerprint density at radius 2 is 2.00 bits per heavy atom. The van der Waals surface area contributed by atoms with Crippen molar-refractivity contribution in [3.63, 3.8) is 0 Å². The second-order valence-corrected chi connectivity index (χ2v) is 5.14. The van der Waals surface area contributed by atoms with Gasteiger partial charge in [0.1, 0.15) is 5.82 Å². The normalized spacial score (nSPS) is 12.6. The fourth-order valence-corrected chi connectivity index (χ4v) is 1.50. The highest BCUT2D eigenvalue weighted by atomic mass is 16.5. The largest absolute Gasteiger partial charge is 0.476 e. The second-order valence-electron chi connectivity index (χ2n) is 5.14. The minimum absolute atomic E-state index is 0.444. The van der Waals surface area contributed by atoms with E-state index in [0.29, 0.717) is 30.1 Å². The number of pyridine rings is 1. The molecule has 0 aliphatic carbocycles. The van der Waals surface area contributed by atoms with Crippen molar-refractivity contribution in [2.45, 2.75) is 40.2 Å². The summed E-state index contributed by atoms with van der Waals surface area (Å²) >= 11 is 0. The van der Waals surface area contributed by atoms with Gasteiger partial charge in [0.15, 0.2) is 0 Å². The smallest absolute Gasteiger partial charge is 0.239 e. The third-order valence-electron chi connectivity index (χ3n) is 3.04. The van der Waals surface area contributed by atoms with Gasteiger partial charge in [0.25, 0.3) is 0 Å². The molecule has 1 unspecified atom stereocenters. The van der Waals surface area contributed by atoms with Crippen molar-refractivity contribution in [1.82, 2.24) is 4.98 Å². The Morgan fingerprint density at radius 3 is 2.56 bits per heavy atom. The number of anilines is 2. The van der Waals surface area contributed by atoms with Crippen LogP contribution in [-0.2, 0) is 0 Å². The maximum atomic E-state index is 5.88. The quantitative estimate of drug-likeness (QED) is 0.844. The number of nitrogens with two attached hydrogens (primary N) is 1. The SMILES string of the molecule is CCC(C)N(C)c1ccc(N)c(OCC(C)C)n1. The predicted molar refractivity (Wildman–Crippen MR) is 77.1 cm³/mol. The molecule has 4 heteroatoms. The molecule has 0 radical (unpaired) electrons. The lowest BCUT2D eigenvalue weighted by Crippen LogP contribution is -2.28. The number of hydrogen-bond acceptors (Lipinski definition) is 4. The van der Waals surface area contributed by atoms with E-state index in [-0.39, 0.29) is 0 Å². The van der Waals surface area contributed by atoms with E-state index in [0.717, 1.165) is 12.2 Å². The van der Waals surface area contributed by atoms with Crippen LogP contribution < -0.4 is 15.4 Å². The van der Waals surface area contributed by atoms with Crippen molar-refractivity contribution < 1.29 is 4.74 Å². The molecule has 102 valence electrons. The van der Waals surface area contributed by atoms with Crippen molar-refractivity contribution in [2.24, 2.45) is 5.92 Å². The highest BCUT2D eigenvalue weighted by Gasteiger charge is 2.12. The minimum atomic E-state index is 0.444. The van der Waals surface area contributed by atoms with Crippen LogP contribution in [0.5, 0.6) is 5.88 Å².